The lowest BCUT2D eigenvalue weighted by Gasteiger charge is -2.21. The minimum absolute atomic E-state index is 0.0504. The summed E-state index contributed by atoms with van der Waals surface area (Å²) >= 11 is 0. The summed E-state index contributed by atoms with van der Waals surface area (Å²) < 4.78 is 41.1. The van der Waals surface area contributed by atoms with Crippen LogP contribution >= 0.6 is 0 Å². The Morgan fingerprint density at radius 2 is 2.06 bits per heavy atom. The smallest absolute Gasteiger partial charge is 0.389 e. The first-order chi connectivity index (χ1) is 14.4. The molecule has 1 saturated carbocycles. The molecule has 31 heavy (non-hydrogen) atoms. The van der Waals surface area contributed by atoms with Crippen molar-refractivity contribution < 1.29 is 27.9 Å². The van der Waals surface area contributed by atoms with Gasteiger partial charge in [0.1, 0.15) is 5.78 Å². The molecule has 0 radical (unpaired) electrons. The molecule has 168 valence electrons. The van der Waals surface area contributed by atoms with Crippen molar-refractivity contribution in [3.8, 4) is 0 Å². The molecule has 1 fully saturated rings. The molecule has 6 nitrogen and oxygen atoms in total. The lowest BCUT2D eigenvalue weighted by Crippen LogP contribution is -2.27. The topological polar surface area (TPSA) is 84.2 Å². The molecule has 1 aliphatic carbocycles. The number of hydrogen-bond acceptors (Lipinski definition) is 4. The van der Waals surface area contributed by atoms with Crippen LogP contribution < -0.4 is 5.32 Å². The fraction of sp³-hybridized carbons (Fsp3) is 0.500. The Kier molecular flexibility index (Phi) is 6.54. The maximum atomic E-state index is 13.2. The Morgan fingerprint density at radius 1 is 1.32 bits per heavy atom. The van der Waals surface area contributed by atoms with Gasteiger partial charge in [-0.2, -0.15) is 18.3 Å². The number of benzene rings is 1. The number of carbonyl (C=O) groups excluding carboxylic acids is 2. The van der Waals surface area contributed by atoms with Crippen LogP contribution in [-0.2, 0) is 22.3 Å². The van der Waals surface area contributed by atoms with Gasteiger partial charge >= 0.3 is 6.18 Å². The van der Waals surface area contributed by atoms with Crippen LogP contribution in [0.1, 0.15) is 56.6 Å². The number of alkyl halides is 3. The highest BCUT2D eigenvalue weighted by molar-refractivity contribution is 5.95. The molecule has 1 amide bonds. The van der Waals surface area contributed by atoms with Gasteiger partial charge in [0.2, 0.25) is 5.91 Å². The van der Waals surface area contributed by atoms with Crippen molar-refractivity contribution in [1.29, 1.82) is 0 Å². The van der Waals surface area contributed by atoms with Crippen LogP contribution in [0.15, 0.2) is 36.5 Å². The number of nitrogens with one attached hydrogen (secondary N) is 1. The van der Waals surface area contributed by atoms with E-state index in [-0.39, 0.29) is 36.0 Å². The van der Waals surface area contributed by atoms with Gasteiger partial charge in [0.05, 0.1) is 23.6 Å². The van der Waals surface area contributed by atoms with E-state index < -0.39 is 29.2 Å². The summed E-state index contributed by atoms with van der Waals surface area (Å²) in [6.07, 6.45) is -1.24. The number of aliphatic hydroxyl groups is 1. The zero-order valence-corrected chi connectivity index (χ0v) is 17.4. The lowest BCUT2D eigenvalue weighted by atomic mass is 9.86. The fourth-order valence-corrected chi connectivity index (χ4v) is 3.88. The molecule has 1 heterocycles. The van der Waals surface area contributed by atoms with Crippen LogP contribution in [0.3, 0.4) is 0 Å². The number of anilines is 1. The molecule has 9 heteroatoms. The molecule has 0 bridgehead atoms. The fourth-order valence-electron chi connectivity index (χ4n) is 3.88. The Balaban J connectivity index is 1.82. The van der Waals surface area contributed by atoms with Crippen molar-refractivity contribution in [2.75, 3.05) is 5.32 Å². The van der Waals surface area contributed by atoms with Gasteiger partial charge in [-0.25, -0.2) is 0 Å². The highest BCUT2D eigenvalue weighted by Gasteiger charge is 2.34. The van der Waals surface area contributed by atoms with E-state index in [0.717, 1.165) is 12.1 Å². The molecule has 2 aromatic rings. The first-order valence-electron chi connectivity index (χ1n) is 10.2. The van der Waals surface area contributed by atoms with Gasteiger partial charge in [-0.1, -0.05) is 18.2 Å². The van der Waals surface area contributed by atoms with Crippen LogP contribution in [0.2, 0.25) is 0 Å². The van der Waals surface area contributed by atoms with Crippen molar-refractivity contribution in [3.05, 3.63) is 47.7 Å². The molecule has 0 spiro atoms. The molecule has 2 N–H and O–H groups in total. The minimum Gasteiger partial charge on any atom is -0.389 e. The highest BCUT2D eigenvalue weighted by Crippen LogP contribution is 2.36. The summed E-state index contributed by atoms with van der Waals surface area (Å²) in [5.41, 5.74) is -1.56. The van der Waals surface area contributed by atoms with E-state index in [1.165, 1.54) is 16.8 Å². The van der Waals surface area contributed by atoms with Crippen molar-refractivity contribution in [2.45, 2.75) is 63.8 Å². The monoisotopic (exact) mass is 437 g/mol. The number of Topliss-reactive ketones (excluding diaryl/α,β-unsaturated/α-hetero) is 1. The Bertz CT molecular complexity index is 947. The molecule has 1 aliphatic rings. The molecule has 0 aliphatic heterocycles. The van der Waals surface area contributed by atoms with Crippen molar-refractivity contribution in [3.63, 3.8) is 0 Å². The summed E-state index contributed by atoms with van der Waals surface area (Å²) in [6, 6.07) is 6.31. The number of carbonyl (C=O) groups is 2. The minimum atomic E-state index is -4.52. The zero-order valence-electron chi connectivity index (χ0n) is 17.4. The van der Waals surface area contributed by atoms with E-state index in [2.05, 4.69) is 10.4 Å². The van der Waals surface area contributed by atoms with Gasteiger partial charge < -0.3 is 10.4 Å². The summed E-state index contributed by atoms with van der Waals surface area (Å²) in [4.78, 5) is 24.7. The van der Waals surface area contributed by atoms with Crippen LogP contribution in [0.4, 0.5) is 19.0 Å². The first-order valence-corrected chi connectivity index (χ1v) is 10.2. The van der Waals surface area contributed by atoms with Gasteiger partial charge in [0.25, 0.3) is 0 Å². The summed E-state index contributed by atoms with van der Waals surface area (Å²) in [5.74, 6) is -1.03. The molecule has 2 atom stereocenters. The summed E-state index contributed by atoms with van der Waals surface area (Å²) in [6.45, 7) is 3.46. The normalized spacial score (nSPS) is 18.3. The number of aromatic nitrogens is 2. The van der Waals surface area contributed by atoms with Gasteiger partial charge in [0, 0.05) is 25.1 Å². The van der Waals surface area contributed by atoms with E-state index in [9.17, 15) is 27.9 Å². The molecule has 0 unspecified atom stereocenters. The van der Waals surface area contributed by atoms with Crippen molar-refractivity contribution in [1.82, 2.24) is 9.78 Å². The predicted octanol–water partition coefficient (Wildman–Crippen LogP) is 4.15. The quantitative estimate of drug-likeness (QED) is 0.682. The second-order valence-corrected chi connectivity index (χ2v) is 8.76. The zero-order chi connectivity index (χ0) is 22.8. The third-order valence-corrected chi connectivity index (χ3v) is 5.29. The largest absolute Gasteiger partial charge is 0.416 e. The molecular weight excluding hydrogens is 411 g/mol. The first kappa shape index (κ1) is 23.0. The van der Waals surface area contributed by atoms with E-state index in [0.29, 0.717) is 19.3 Å². The highest BCUT2D eigenvalue weighted by atomic mass is 19.4. The second-order valence-electron chi connectivity index (χ2n) is 8.76. The molecule has 0 saturated heterocycles. The maximum absolute atomic E-state index is 13.2. The van der Waals surface area contributed by atoms with Crippen molar-refractivity contribution >= 4 is 17.5 Å². The van der Waals surface area contributed by atoms with E-state index >= 15 is 0 Å². The van der Waals surface area contributed by atoms with Gasteiger partial charge in [-0.15, -0.1) is 0 Å². The number of nitrogens with zero attached hydrogens (tertiary/aromatic N) is 2. The summed E-state index contributed by atoms with van der Waals surface area (Å²) in [7, 11) is 0. The van der Waals surface area contributed by atoms with Crippen LogP contribution in [0.25, 0.3) is 0 Å². The average molecular weight is 437 g/mol. The number of amides is 1. The number of rotatable bonds is 7. The van der Waals surface area contributed by atoms with Crippen molar-refractivity contribution in [2.24, 2.45) is 5.92 Å². The van der Waals surface area contributed by atoms with Gasteiger partial charge in [-0.3, -0.25) is 14.3 Å². The number of ketones is 1. The predicted molar refractivity (Wildman–Crippen MR) is 108 cm³/mol. The SMILES string of the molecule is CC(C)(O)Cn1ccc(NC(=O)[C@H](C[C@H]2CCC(=O)C2)c2cccc(C(F)(F)F)c2)n1. The maximum Gasteiger partial charge on any atom is 0.416 e. The Morgan fingerprint density at radius 3 is 2.68 bits per heavy atom. The third kappa shape index (κ3) is 6.40. The Labute approximate surface area is 178 Å². The van der Waals surface area contributed by atoms with Gasteiger partial charge in [-0.05, 0) is 44.2 Å². The molecule has 1 aromatic heterocycles. The number of halogens is 3. The van der Waals surface area contributed by atoms with E-state index in [1.54, 1.807) is 26.1 Å². The molecular formula is C22H26F3N3O3. The van der Waals surface area contributed by atoms with Crippen LogP contribution in [0.5, 0.6) is 0 Å². The number of hydrogen-bond donors (Lipinski definition) is 2. The standard InChI is InChI=1S/C22H26F3N3O3/c1-21(2,31)13-28-9-8-19(27-28)26-20(30)18(11-14-6-7-17(29)10-14)15-4-3-5-16(12-15)22(23,24)25/h3-5,8-9,12,14,18,31H,6-7,10-11,13H2,1-2H3,(H,26,27,30)/t14-,18+/m0/s1. The Hall–Kier alpha value is -2.68. The average Bonchev–Trinajstić information content (AvgIpc) is 3.26. The van der Waals surface area contributed by atoms with Gasteiger partial charge in [0.15, 0.2) is 5.82 Å². The van der Waals surface area contributed by atoms with E-state index in [4.69, 9.17) is 0 Å². The van der Waals surface area contributed by atoms with E-state index in [1.807, 2.05) is 0 Å². The van der Waals surface area contributed by atoms with Crippen LogP contribution in [-0.4, -0.2) is 32.2 Å². The third-order valence-electron chi connectivity index (χ3n) is 5.29. The molecule has 3 rings (SSSR count). The summed E-state index contributed by atoms with van der Waals surface area (Å²) in [5, 5.41) is 16.8. The second kappa shape index (κ2) is 8.82. The lowest BCUT2D eigenvalue weighted by molar-refractivity contribution is -0.137. The molecule has 1 aromatic carbocycles. The van der Waals surface area contributed by atoms with Crippen LogP contribution in [0, 0.1) is 5.92 Å².